The molecular formula is C6H6BrClOS. The summed E-state index contributed by atoms with van der Waals surface area (Å²) in [6.07, 6.45) is -0.516. The minimum absolute atomic E-state index is 0.257. The van der Waals surface area contributed by atoms with E-state index in [9.17, 15) is 5.11 Å². The van der Waals surface area contributed by atoms with Gasteiger partial charge in [-0.1, -0.05) is 0 Å². The Hall–Kier alpha value is 0.430. The van der Waals surface area contributed by atoms with E-state index in [-0.39, 0.29) is 5.88 Å². The van der Waals surface area contributed by atoms with Crippen molar-refractivity contribution in [1.82, 2.24) is 0 Å². The predicted octanol–water partition coefficient (Wildman–Crippen LogP) is 2.78. The van der Waals surface area contributed by atoms with Crippen molar-refractivity contribution in [2.75, 3.05) is 5.88 Å². The van der Waals surface area contributed by atoms with Crippen LogP contribution in [0.3, 0.4) is 0 Å². The van der Waals surface area contributed by atoms with Gasteiger partial charge in [0.2, 0.25) is 0 Å². The Morgan fingerprint density at radius 1 is 1.70 bits per heavy atom. The third-order valence-electron chi connectivity index (χ3n) is 1.07. The van der Waals surface area contributed by atoms with Gasteiger partial charge in [-0.2, -0.15) is 0 Å². The highest BCUT2D eigenvalue weighted by Crippen LogP contribution is 2.27. The van der Waals surface area contributed by atoms with E-state index in [1.165, 1.54) is 11.3 Å². The van der Waals surface area contributed by atoms with Crippen molar-refractivity contribution >= 4 is 38.9 Å². The van der Waals surface area contributed by atoms with Crippen LogP contribution in [0, 0.1) is 0 Å². The van der Waals surface area contributed by atoms with Gasteiger partial charge in [0.1, 0.15) is 6.10 Å². The van der Waals surface area contributed by atoms with Crippen molar-refractivity contribution in [3.8, 4) is 0 Å². The third-order valence-corrected chi connectivity index (χ3v) is 3.09. The molecule has 56 valence electrons. The summed E-state index contributed by atoms with van der Waals surface area (Å²) < 4.78 is 1.02. The average molecular weight is 242 g/mol. The Morgan fingerprint density at radius 2 is 2.40 bits per heavy atom. The third kappa shape index (κ3) is 1.95. The van der Waals surface area contributed by atoms with Crippen LogP contribution >= 0.6 is 38.9 Å². The SMILES string of the molecule is O[C@@H](CCl)c1ccc(Br)s1. The van der Waals surface area contributed by atoms with Crippen LogP contribution in [0.15, 0.2) is 15.9 Å². The van der Waals surface area contributed by atoms with Crippen LogP contribution in [0.5, 0.6) is 0 Å². The molecule has 1 rings (SSSR count). The topological polar surface area (TPSA) is 20.2 Å². The molecule has 1 aromatic heterocycles. The Morgan fingerprint density at radius 3 is 2.80 bits per heavy atom. The van der Waals surface area contributed by atoms with Crippen molar-refractivity contribution in [3.63, 3.8) is 0 Å². The molecule has 0 aliphatic heterocycles. The molecular weight excluding hydrogens is 235 g/mol. The van der Waals surface area contributed by atoms with E-state index in [1.807, 2.05) is 12.1 Å². The number of rotatable bonds is 2. The van der Waals surface area contributed by atoms with E-state index < -0.39 is 6.10 Å². The van der Waals surface area contributed by atoms with Gasteiger partial charge in [-0.15, -0.1) is 22.9 Å². The Kier molecular flexibility index (Phi) is 3.17. The predicted molar refractivity (Wildman–Crippen MR) is 47.7 cm³/mol. The van der Waals surface area contributed by atoms with Crippen molar-refractivity contribution in [2.24, 2.45) is 0 Å². The molecule has 0 unspecified atom stereocenters. The van der Waals surface area contributed by atoms with Crippen LogP contribution < -0.4 is 0 Å². The molecule has 0 aliphatic carbocycles. The van der Waals surface area contributed by atoms with Crippen LogP contribution in [0.25, 0.3) is 0 Å². The second-order valence-corrected chi connectivity index (χ2v) is 4.62. The highest BCUT2D eigenvalue weighted by molar-refractivity contribution is 9.11. The fraction of sp³-hybridized carbons (Fsp3) is 0.333. The molecule has 1 N–H and O–H groups in total. The first-order valence-corrected chi connectivity index (χ1v) is 4.87. The minimum atomic E-state index is -0.516. The zero-order valence-electron chi connectivity index (χ0n) is 5.05. The summed E-state index contributed by atoms with van der Waals surface area (Å²) in [6.45, 7) is 0. The van der Waals surface area contributed by atoms with Gasteiger partial charge in [0, 0.05) is 4.88 Å². The molecule has 0 amide bonds. The number of aliphatic hydroxyl groups is 1. The number of aliphatic hydroxyl groups excluding tert-OH is 1. The summed E-state index contributed by atoms with van der Waals surface area (Å²) in [5, 5.41) is 9.20. The molecule has 1 nitrogen and oxygen atoms in total. The molecule has 0 saturated carbocycles. The van der Waals surface area contributed by atoms with Crippen LogP contribution in [-0.2, 0) is 0 Å². The monoisotopic (exact) mass is 240 g/mol. The molecule has 0 saturated heterocycles. The van der Waals surface area contributed by atoms with Crippen LogP contribution in [0.4, 0.5) is 0 Å². The Labute approximate surface area is 76.8 Å². The fourth-order valence-corrected chi connectivity index (χ4v) is 2.25. The quantitative estimate of drug-likeness (QED) is 0.790. The van der Waals surface area contributed by atoms with Crippen molar-refractivity contribution in [1.29, 1.82) is 0 Å². The van der Waals surface area contributed by atoms with Gasteiger partial charge in [-0.25, -0.2) is 0 Å². The zero-order valence-corrected chi connectivity index (χ0v) is 8.21. The van der Waals surface area contributed by atoms with Gasteiger partial charge in [-0.3, -0.25) is 0 Å². The van der Waals surface area contributed by atoms with Crippen molar-refractivity contribution < 1.29 is 5.11 Å². The smallest absolute Gasteiger partial charge is 0.102 e. The lowest BCUT2D eigenvalue weighted by Crippen LogP contribution is -1.93. The Balaban J connectivity index is 2.74. The van der Waals surface area contributed by atoms with Gasteiger partial charge in [0.15, 0.2) is 0 Å². The Bertz CT molecular complexity index is 213. The number of halogens is 2. The summed E-state index contributed by atoms with van der Waals surface area (Å²) in [4.78, 5) is 0.905. The lowest BCUT2D eigenvalue weighted by Gasteiger charge is -2.00. The van der Waals surface area contributed by atoms with Gasteiger partial charge in [-0.05, 0) is 28.1 Å². The van der Waals surface area contributed by atoms with E-state index in [0.29, 0.717) is 0 Å². The maximum absolute atomic E-state index is 9.20. The maximum Gasteiger partial charge on any atom is 0.102 e. The molecule has 10 heavy (non-hydrogen) atoms. The molecule has 4 heteroatoms. The van der Waals surface area contributed by atoms with E-state index in [4.69, 9.17) is 11.6 Å². The number of hydrogen-bond acceptors (Lipinski definition) is 2. The first-order valence-electron chi connectivity index (χ1n) is 2.73. The molecule has 1 aromatic rings. The van der Waals surface area contributed by atoms with Crippen LogP contribution in [0.1, 0.15) is 11.0 Å². The van der Waals surface area contributed by atoms with Gasteiger partial charge in [0.05, 0.1) is 9.67 Å². The summed E-state index contributed by atoms with van der Waals surface area (Å²) in [5.41, 5.74) is 0. The van der Waals surface area contributed by atoms with Crippen LogP contribution in [0.2, 0.25) is 0 Å². The number of thiophene rings is 1. The molecule has 0 aliphatic rings. The standard InChI is InChI=1S/C6H6BrClOS/c7-6-2-1-5(10-6)4(9)3-8/h1-2,4,9H,3H2/t4-/m0/s1. The normalized spacial score (nSPS) is 13.5. The molecule has 0 fully saturated rings. The van der Waals surface area contributed by atoms with Crippen molar-refractivity contribution in [3.05, 3.63) is 20.8 Å². The van der Waals surface area contributed by atoms with E-state index in [2.05, 4.69) is 15.9 Å². The molecule has 1 heterocycles. The summed E-state index contributed by atoms with van der Waals surface area (Å²) in [5.74, 6) is 0.257. The summed E-state index contributed by atoms with van der Waals surface area (Å²) in [7, 11) is 0. The number of hydrogen-bond donors (Lipinski definition) is 1. The second-order valence-electron chi connectivity index (χ2n) is 1.81. The first kappa shape index (κ1) is 8.53. The molecule has 0 aromatic carbocycles. The second kappa shape index (κ2) is 3.72. The minimum Gasteiger partial charge on any atom is -0.386 e. The van der Waals surface area contributed by atoms with Gasteiger partial charge < -0.3 is 5.11 Å². The fourth-order valence-electron chi connectivity index (χ4n) is 0.583. The van der Waals surface area contributed by atoms with Gasteiger partial charge >= 0.3 is 0 Å². The highest BCUT2D eigenvalue weighted by Gasteiger charge is 2.07. The zero-order chi connectivity index (χ0) is 7.56. The first-order chi connectivity index (χ1) is 4.74. The molecule has 0 bridgehead atoms. The molecule has 0 spiro atoms. The summed E-state index contributed by atoms with van der Waals surface area (Å²) >= 11 is 10.2. The van der Waals surface area contributed by atoms with E-state index in [0.717, 1.165) is 8.66 Å². The largest absolute Gasteiger partial charge is 0.386 e. The maximum atomic E-state index is 9.20. The lowest BCUT2D eigenvalue weighted by molar-refractivity contribution is 0.206. The average Bonchev–Trinajstić information content (AvgIpc) is 2.34. The van der Waals surface area contributed by atoms with E-state index in [1.54, 1.807) is 0 Å². The highest BCUT2D eigenvalue weighted by atomic mass is 79.9. The number of alkyl halides is 1. The summed E-state index contributed by atoms with van der Waals surface area (Å²) in [6, 6.07) is 3.76. The van der Waals surface area contributed by atoms with Gasteiger partial charge in [0.25, 0.3) is 0 Å². The molecule has 1 atom stereocenters. The lowest BCUT2D eigenvalue weighted by atomic mass is 10.3. The van der Waals surface area contributed by atoms with Crippen LogP contribution in [-0.4, -0.2) is 11.0 Å². The van der Waals surface area contributed by atoms with Crippen molar-refractivity contribution in [2.45, 2.75) is 6.10 Å². The molecule has 0 radical (unpaired) electrons. The van der Waals surface area contributed by atoms with E-state index >= 15 is 0 Å².